The Kier molecular flexibility index (Phi) is 8.87. The highest BCUT2D eigenvalue weighted by atomic mass is 16.3. The molecule has 2 heteroatoms. The van der Waals surface area contributed by atoms with Crippen molar-refractivity contribution >= 4 is 60.5 Å². The minimum Gasteiger partial charge on any atom is -0.456 e. The standard InChI is InChI=1S/C65H43NO/c1-3-59(43-17-5-4-6-18-43)66-60(38-31-41(2)45-36-37-51-50-22-10-14-30-61(50)67-62(51)40-45)53-25-15-19-44-34-32-42-33-35-46(39-54(42)63(44)53)47-24-16-29-58-64(47)52-23-9-13-28-57(52)65(58)55-26-11-7-20-48(55)49-21-8-12-27-56(49)65/h4-37,39-40H,2-3H2,1H3. The van der Waals surface area contributed by atoms with E-state index in [1.54, 1.807) is 0 Å². The fourth-order valence-corrected chi connectivity index (χ4v) is 11.3. The lowest BCUT2D eigenvalue weighted by atomic mass is 9.70. The zero-order valence-corrected chi connectivity index (χ0v) is 37.1. The van der Waals surface area contributed by atoms with E-state index in [0.29, 0.717) is 0 Å². The number of rotatable bonds is 7. The molecule has 1 spiro atoms. The van der Waals surface area contributed by atoms with E-state index >= 15 is 0 Å². The van der Waals surface area contributed by atoms with Crippen molar-refractivity contribution in [1.82, 2.24) is 0 Å². The second kappa shape index (κ2) is 15.3. The molecule has 0 atom stereocenters. The molecule has 0 unspecified atom stereocenters. The molecule has 1 aromatic heterocycles. The van der Waals surface area contributed by atoms with Gasteiger partial charge in [-0.3, -0.25) is 0 Å². The van der Waals surface area contributed by atoms with Crippen molar-refractivity contribution in [3.8, 4) is 33.4 Å². The van der Waals surface area contributed by atoms with E-state index in [4.69, 9.17) is 9.41 Å². The average molecular weight is 854 g/mol. The van der Waals surface area contributed by atoms with Gasteiger partial charge in [-0.2, -0.15) is 0 Å². The number of fused-ring (bicyclic) bond motifs is 16. The van der Waals surface area contributed by atoms with Crippen LogP contribution in [-0.4, -0.2) is 5.71 Å². The van der Waals surface area contributed by atoms with E-state index in [9.17, 15) is 0 Å². The predicted octanol–water partition coefficient (Wildman–Crippen LogP) is 17.0. The summed E-state index contributed by atoms with van der Waals surface area (Å²) < 4.78 is 6.28. The van der Waals surface area contributed by atoms with Crippen molar-refractivity contribution in [2.75, 3.05) is 0 Å². The van der Waals surface area contributed by atoms with Crippen LogP contribution in [0.2, 0.25) is 0 Å². The molecule has 0 fully saturated rings. The third-order valence-corrected chi connectivity index (χ3v) is 14.3. The van der Waals surface area contributed by atoms with Gasteiger partial charge in [0.1, 0.15) is 16.9 Å². The van der Waals surface area contributed by atoms with E-state index in [0.717, 1.165) is 72.8 Å². The van der Waals surface area contributed by atoms with Gasteiger partial charge in [0.05, 0.1) is 5.41 Å². The van der Waals surface area contributed by atoms with E-state index in [-0.39, 0.29) is 0 Å². The fraction of sp³-hybridized carbons (Fsp3) is 0.0462. The van der Waals surface area contributed by atoms with Crippen molar-refractivity contribution in [3.63, 3.8) is 0 Å². The minimum absolute atomic E-state index is 0.409. The maximum absolute atomic E-state index is 6.28. The molecule has 0 saturated carbocycles. The van der Waals surface area contributed by atoms with E-state index in [1.165, 1.54) is 66.4 Å². The van der Waals surface area contributed by atoms with Crippen LogP contribution >= 0.6 is 0 Å². The molecule has 2 aliphatic carbocycles. The monoisotopic (exact) mass is 853 g/mol. The number of aliphatic imine (C=N–C) groups is 1. The molecule has 314 valence electrons. The minimum atomic E-state index is -0.409. The number of nitrogens with zero attached hydrogens (tertiary/aromatic N) is 1. The second-order valence-corrected chi connectivity index (χ2v) is 17.8. The number of para-hydroxylation sites is 1. The van der Waals surface area contributed by atoms with Crippen LogP contribution in [0.15, 0.2) is 240 Å². The van der Waals surface area contributed by atoms with Crippen molar-refractivity contribution in [3.05, 3.63) is 270 Å². The van der Waals surface area contributed by atoms with Crippen molar-refractivity contribution in [2.45, 2.75) is 18.8 Å². The lowest BCUT2D eigenvalue weighted by Crippen LogP contribution is -2.25. The molecule has 0 amide bonds. The zero-order valence-electron chi connectivity index (χ0n) is 37.1. The van der Waals surface area contributed by atoms with Gasteiger partial charge in [-0.05, 0) is 131 Å². The van der Waals surface area contributed by atoms with E-state index < -0.39 is 5.41 Å². The lowest BCUT2D eigenvalue weighted by molar-refractivity contribution is 0.669. The first-order valence-corrected chi connectivity index (χ1v) is 23.2. The molecule has 0 saturated heterocycles. The van der Waals surface area contributed by atoms with Crippen LogP contribution in [0, 0.1) is 0 Å². The smallest absolute Gasteiger partial charge is 0.136 e. The summed E-state index contributed by atoms with van der Waals surface area (Å²) in [6.45, 7) is 6.71. The molecule has 67 heavy (non-hydrogen) atoms. The third-order valence-electron chi connectivity index (χ3n) is 14.3. The van der Waals surface area contributed by atoms with Gasteiger partial charge in [0.15, 0.2) is 0 Å². The Morgan fingerprint density at radius 3 is 1.94 bits per heavy atom. The highest BCUT2D eigenvalue weighted by molar-refractivity contribution is 6.15. The Labute approximate surface area is 389 Å². The maximum atomic E-state index is 6.28. The SMILES string of the molecule is C=C(C=C=C(N=C(CC)c1ccccc1)c1cccc2ccc3ccc(-c4cccc5c4-c4ccccc4C54c5ccccc5-c5ccccc54)cc3c12)c1ccc2c(c1)oc1ccccc12. The van der Waals surface area contributed by atoms with Crippen LogP contribution in [0.3, 0.4) is 0 Å². The van der Waals surface area contributed by atoms with Gasteiger partial charge >= 0.3 is 0 Å². The normalized spacial score (nSPS) is 13.1. The summed E-state index contributed by atoms with van der Waals surface area (Å²) in [4.78, 5) is 5.50. The quantitative estimate of drug-likeness (QED) is 0.0679. The summed E-state index contributed by atoms with van der Waals surface area (Å²) >= 11 is 0. The largest absolute Gasteiger partial charge is 0.456 e. The molecule has 13 rings (SSSR count). The maximum Gasteiger partial charge on any atom is 0.136 e. The van der Waals surface area contributed by atoms with Crippen molar-refractivity contribution in [2.24, 2.45) is 4.99 Å². The number of hydrogen-bond acceptors (Lipinski definition) is 2. The summed E-state index contributed by atoms with van der Waals surface area (Å²) in [6.07, 6.45) is 2.74. The predicted molar refractivity (Wildman–Crippen MR) is 281 cm³/mol. The van der Waals surface area contributed by atoms with Crippen LogP contribution in [0.5, 0.6) is 0 Å². The summed E-state index contributed by atoms with van der Waals surface area (Å²) in [5.74, 6) is 0. The molecular weight excluding hydrogens is 811 g/mol. The molecule has 11 aromatic rings. The van der Waals surface area contributed by atoms with E-state index in [1.807, 2.05) is 24.3 Å². The van der Waals surface area contributed by atoms with Gasteiger partial charge in [0.2, 0.25) is 0 Å². The molecular formula is C65H43NO. The highest BCUT2D eigenvalue weighted by Gasteiger charge is 2.51. The third kappa shape index (κ3) is 5.87. The van der Waals surface area contributed by atoms with E-state index in [2.05, 4.69) is 213 Å². The number of benzene rings is 10. The first-order chi connectivity index (χ1) is 33.1. The Morgan fingerprint density at radius 2 is 1.15 bits per heavy atom. The van der Waals surface area contributed by atoms with Gasteiger partial charge in [0.25, 0.3) is 0 Å². The molecule has 0 aliphatic heterocycles. The Balaban J connectivity index is 1.01. The summed E-state index contributed by atoms with van der Waals surface area (Å²) in [6, 6.07) is 77.1. The molecule has 2 aliphatic rings. The van der Waals surface area contributed by atoms with Gasteiger partial charge in [-0.25, -0.2) is 4.99 Å². The van der Waals surface area contributed by atoms with Crippen LogP contribution in [0.25, 0.3) is 88.1 Å². The van der Waals surface area contributed by atoms with Gasteiger partial charge < -0.3 is 4.42 Å². The van der Waals surface area contributed by atoms with Crippen LogP contribution in [-0.2, 0) is 5.41 Å². The molecule has 0 N–H and O–H groups in total. The van der Waals surface area contributed by atoms with Gasteiger partial charge in [0, 0.05) is 22.0 Å². The Morgan fingerprint density at radius 1 is 0.522 bits per heavy atom. The average Bonchev–Trinajstić information content (AvgIpc) is 4.02. The Bertz CT molecular complexity index is 3920. The molecule has 10 aromatic carbocycles. The first-order valence-electron chi connectivity index (χ1n) is 23.2. The lowest BCUT2D eigenvalue weighted by Gasteiger charge is -2.30. The topological polar surface area (TPSA) is 25.5 Å². The molecule has 0 bridgehead atoms. The molecule has 2 nitrogen and oxygen atoms in total. The number of hydrogen-bond donors (Lipinski definition) is 0. The van der Waals surface area contributed by atoms with Gasteiger partial charge in [-0.15, -0.1) is 0 Å². The summed E-state index contributed by atoms with van der Waals surface area (Å²) in [5.41, 5.74) is 23.6. The molecule has 0 radical (unpaired) electrons. The first kappa shape index (κ1) is 38.9. The van der Waals surface area contributed by atoms with Crippen LogP contribution in [0.4, 0.5) is 0 Å². The van der Waals surface area contributed by atoms with Crippen LogP contribution in [0.1, 0.15) is 52.3 Å². The van der Waals surface area contributed by atoms with Crippen molar-refractivity contribution < 1.29 is 4.42 Å². The van der Waals surface area contributed by atoms with Gasteiger partial charge in [-0.1, -0.05) is 207 Å². The zero-order chi connectivity index (χ0) is 44.6. The summed E-state index contributed by atoms with van der Waals surface area (Å²) in [7, 11) is 0. The highest BCUT2D eigenvalue weighted by Crippen LogP contribution is 2.64. The summed E-state index contributed by atoms with van der Waals surface area (Å²) in [5, 5.41) is 6.82. The second-order valence-electron chi connectivity index (χ2n) is 17.8. The number of furan rings is 1. The van der Waals surface area contributed by atoms with Crippen molar-refractivity contribution in [1.29, 1.82) is 0 Å². The molecule has 1 heterocycles. The fourth-order valence-electron chi connectivity index (χ4n) is 11.3. The van der Waals surface area contributed by atoms with Crippen LogP contribution < -0.4 is 0 Å². The number of allylic oxidation sites excluding steroid dienone is 2. The Hall–Kier alpha value is -8.55.